The van der Waals surface area contributed by atoms with Crippen LogP contribution in [0.2, 0.25) is 0 Å². The van der Waals surface area contributed by atoms with Crippen molar-refractivity contribution in [1.29, 1.82) is 5.26 Å². The Morgan fingerprint density at radius 2 is 1.88 bits per heavy atom. The van der Waals surface area contributed by atoms with Gasteiger partial charge in [0.15, 0.2) is 0 Å². The standard InChI is InChI=1S/C26H17BrN2O5/c1-15-20(24(30)29-25(31)22(15)13-28)12-18-8-10-23(34-18)19-9-7-17(27)11-21(19)26(32)33-14-16-5-3-2-4-6-16/h2-12H,14H2,1H3,(H,29,30,31)/b20-12-. The minimum Gasteiger partial charge on any atom is -0.457 e. The van der Waals surface area contributed by atoms with Gasteiger partial charge in [-0.1, -0.05) is 46.3 Å². The van der Waals surface area contributed by atoms with Gasteiger partial charge in [-0.3, -0.25) is 14.9 Å². The molecule has 2 amide bonds. The van der Waals surface area contributed by atoms with Crippen LogP contribution in [0.5, 0.6) is 0 Å². The number of furan rings is 1. The third-order valence-electron chi connectivity index (χ3n) is 5.18. The van der Waals surface area contributed by atoms with E-state index in [0.29, 0.717) is 27.1 Å². The number of imide groups is 1. The normalized spacial score (nSPS) is 14.7. The molecule has 3 aromatic rings. The Morgan fingerprint density at radius 3 is 2.62 bits per heavy atom. The second kappa shape index (κ2) is 9.73. The number of amides is 2. The van der Waals surface area contributed by atoms with Crippen molar-refractivity contribution in [2.45, 2.75) is 13.5 Å². The topological polar surface area (TPSA) is 109 Å². The summed E-state index contributed by atoms with van der Waals surface area (Å²) in [4.78, 5) is 36.9. The molecule has 1 aliphatic rings. The SMILES string of the molecule is CC1=C(C#N)C(=O)NC(=O)/C1=C\c1ccc(-c2ccc(Br)cc2C(=O)OCc2ccccc2)o1. The van der Waals surface area contributed by atoms with Gasteiger partial charge in [-0.2, -0.15) is 5.26 Å². The molecule has 0 bridgehead atoms. The molecular weight excluding hydrogens is 500 g/mol. The summed E-state index contributed by atoms with van der Waals surface area (Å²) in [6, 6.07) is 19.6. The zero-order valence-electron chi connectivity index (χ0n) is 17.9. The van der Waals surface area contributed by atoms with Crippen molar-refractivity contribution in [2.75, 3.05) is 0 Å². The number of benzene rings is 2. The van der Waals surface area contributed by atoms with Crippen LogP contribution >= 0.6 is 15.9 Å². The van der Waals surface area contributed by atoms with E-state index in [0.717, 1.165) is 5.56 Å². The van der Waals surface area contributed by atoms with Crippen LogP contribution in [0, 0.1) is 11.3 Å². The molecular formula is C26H17BrN2O5. The molecule has 0 atom stereocenters. The van der Waals surface area contributed by atoms with E-state index >= 15 is 0 Å². The molecule has 8 heteroatoms. The first-order valence-corrected chi connectivity index (χ1v) is 11.0. The van der Waals surface area contributed by atoms with Crippen molar-refractivity contribution < 1.29 is 23.5 Å². The number of nitrogens with one attached hydrogen (secondary N) is 1. The molecule has 1 N–H and O–H groups in total. The summed E-state index contributed by atoms with van der Waals surface area (Å²) in [5, 5.41) is 11.3. The number of carbonyl (C=O) groups excluding carboxylic acids is 3. The van der Waals surface area contributed by atoms with Crippen molar-refractivity contribution in [1.82, 2.24) is 5.32 Å². The van der Waals surface area contributed by atoms with Gasteiger partial charge in [0.1, 0.15) is 29.8 Å². The minimum atomic E-state index is -0.726. The van der Waals surface area contributed by atoms with Crippen LogP contribution in [0.3, 0.4) is 0 Å². The lowest BCUT2D eigenvalue weighted by molar-refractivity contribution is -0.126. The Kier molecular flexibility index (Phi) is 6.57. The molecule has 0 aliphatic carbocycles. The van der Waals surface area contributed by atoms with Crippen molar-refractivity contribution in [3.63, 3.8) is 0 Å². The van der Waals surface area contributed by atoms with E-state index in [-0.39, 0.29) is 23.3 Å². The fourth-order valence-corrected chi connectivity index (χ4v) is 3.80. The Morgan fingerprint density at radius 1 is 1.12 bits per heavy atom. The van der Waals surface area contributed by atoms with E-state index in [1.807, 2.05) is 36.4 Å². The molecule has 1 aliphatic heterocycles. The third-order valence-corrected chi connectivity index (χ3v) is 5.68. The number of hydrogen-bond acceptors (Lipinski definition) is 6. The predicted octanol–water partition coefficient (Wildman–Crippen LogP) is 4.95. The summed E-state index contributed by atoms with van der Waals surface area (Å²) in [5.41, 5.74) is 1.97. The minimum absolute atomic E-state index is 0.127. The molecule has 0 saturated carbocycles. The molecule has 34 heavy (non-hydrogen) atoms. The summed E-state index contributed by atoms with van der Waals surface area (Å²) < 4.78 is 12.1. The van der Waals surface area contributed by atoms with E-state index in [4.69, 9.17) is 9.15 Å². The van der Waals surface area contributed by atoms with E-state index in [1.54, 1.807) is 30.3 Å². The van der Waals surface area contributed by atoms with Gasteiger partial charge in [-0.15, -0.1) is 0 Å². The van der Waals surface area contributed by atoms with Gasteiger partial charge in [-0.05, 0) is 54.5 Å². The lowest BCUT2D eigenvalue weighted by atomic mass is 9.96. The highest BCUT2D eigenvalue weighted by molar-refractivity contribution is 9.10. The molecule has 0 radical (unpaired) electrons. The third kappa shape index (κ3) is 4.75. The van der Waals surface area contributed by atoms with E-state index < -0.39 is 17.8 Å². The van der Waals surface area contributed by atoms with E-state index in [2.05, 4.69) is 21.2 Å². The predicted molar refractivity (Wildman–Crippen MR) is 127 cm³/mol. The smallest absolute Gasteiger partial charge is 0.339 e. The Bertz CT molecular complexity index is 1410. The molecule has 0 spiro atoms. The maximum absolute atomic E-state index is 12.9. The first-order chi connectivity index (χ1) is 16.4. The van der Waals surface area contributed by atoms with Crippen LogP contribution in [0.15, 0.2) is 86.3 Å². The molecule has 7 nitrogen and oxygen atoms in total. The second-order valence-corrected chi connectivity index (χ2v) is 8.32. The number of carbonyl (C=O) groups is 3. The van der Waals surface area contributed by atoms with Gasteiger partial charge in [0, 0.05) is 15.6 Å². The summed E-state index contributed by atoms with van der Waals surface area (Å²) in [7, 11) is 0. The van der Waals surface area contributed by atoms with Crippen LogP contribution in [-0.2, 0) is 20.9 Å². The largest absolute Gasteiger partial charge is 0.457 e. The summed E-state index contributed by atoms with van der Waals surface area (Å²) >= 11 is 3.38. The van der Waals surface area contributed by atoms with Crippen LogP contribution < -0.4 is 5.32 Å². The van der Waals surface area contributed by atoms with Crippen molar-refractivity contribution in [2.24, 2.45) is 0 Å². The Hall–Kier alpha value is -4.22. The fraction of sp³-hybridized carbons (Fsp3) is 0.0769. The Balaban J connectivity index is 1.64. The first-order valence-electron chi connectivity index (χ1n) is 10.2. The van der Waals surface area contributed by atoms with Crippen LogP contribution in [-0.4, -0.2) is 17.8 Å². The molecule has 2 aromatic carbocycles. The Labute approximate surface area is 203 Å². The average molecular weight is 517 g/mol. The van der Waals surface area contributed by atoms with Crippen LogP contribution in [0.4, 0.5) is 0 Å². The van der Waals surface area contributed by atoms with Crippen molar-refractivity contribution in [3.8, 4) is 17.4 Å². The molecule has 0 unspecified atom stereocenters. The number of ether oxygens (including phenoxy) is 1. The summed E-state index contributed by atoms with van der Waals surface area (Å²) in [6.45, 7) is 1.66. The van der Waals surface area contributed by atoms with Gasteiger partial charge in [0.05, 0.1) is 5.56 Å². The monoisotopic (exact) mass is 516 g/mol. The number of esters is 1. The van der Waals surface area contributed by atoms with Crippen molar-refractivity contribution >= 4 is 39.8 Å². The lowest BCUT2D eigenvalue weighted by Crippen LogP contribution is -2.37. The van der Waals surface area contributed by atoms with Crippen molar-refractivity contribution in [3.05, 3.63) is 98.7 Å². The quantitative estimate of drug-likeness (QED) is 0.292. The summed E-state index contributed by atoms with van der Waals surface area (Å²) in [5.74, 6) is -1.15. The highest BCUT2D eigenvalue weighted by atomic mass is 79.9. The summed E-state index contributed by atoms with van der Waals surface area (Å²) in [6.07, 6.45) is 1.45. The number of nitriles is 1. The van der Waals surface area contributed by atoms with Gasteiger partial charge < -0.3 is 9.15 Å². The number of halogens is 1. The number of rotatable bonds is 5. The van der Waals surface area contributed by atoms with E-state index in [1.165, 1.54) is 13.0 Å². The highest BCUT2D eigenvalue weighted by Crippen LogP contribution is 2.31. The van der Waals surface area contributed by atoms with E-state index in [9.17, 15) is 19.6 Å². The van der Waals surface area contributed by atoms with Crippen LogP contribution in [0.25, 0.3) is 17.4 Å². The van der Waals surface area contributed by atoms with Gasteiger partial charge >= 0.3 is 5.97 Å². The molecule has 2 heterocycles. The van der Waals surface area contributed by atoms with Crippen LogP contribution in [0.1, 0.15) is 28.6 Å². The first kappa shape index (κ1) is 23.0. The zero-order valence-corrected chi connectivity index (χ0v) is 19.5. The second-order valence-electron chi connectivity index (χ2n) is 7.41. The van der Waals surface area contributed by atoms with Gasteiger partial charge in [0.2, 0.25) is 0 Å². The average Bonchev–Trinajstić information content (AvgIpc) is 3.29. The maximum Gasteiger partial charge on any atom is 0.339 e. The highest BCUT2D eigenvalue weighted by Gasteiger charge is 2.28. The molecule has 1 aromatic heterocycles. The zero-order chi connectivity index (χ0) is 24.2. The lowest BCUT2D eigenvalue weighted by Gasteiger charge is -2.15. The molecule has 168 valence electrons. The number of hydrogen-bond donors (Lipinski definition) is 1. The van der Waals surface area contributed by atoms with Gasteiger partial charge in [-0.25, -0.2) is 4.79 Å². The molecule has 4 rings (SSSR count). The fourth-order valence-electron chi connectivity index (χ4n) is 3.44. The van der Waals surface area contributed by atoms with Gasteiger partial charge in [0.25, 0.3) is 11.8 Å². The number of nitrogens with zero attached hydrogens (tertiary/aromatic N) is 1. The molecule has 0 fully saturated rings. The molecule has 0 saturated heterocycles. The maximum atomic E-state index is 12.9.